The average molecular weight is 427 g/mol. The molecule has 1 aliphatic heterocycles. The maximum atomic E-state index is 10.7. The third-order valence-electron chi connectivity index (χ3n) is 6.16. The molecular formula is C24H34N4O3+2. The highest BCUT2D eigenvalue weighted by Gasteiger charge is 2.24. The third kappa shape index (κ3) is 4.94. The van der Waals surface area contributed by atoms with Crippen molar-refractivity contribution in [3.05, 3.63) is 48.5 Å². The Hall–Kier alpha value is -2.77. The Kier molecular flexibility index (Phi) is 6.94. The Morgan fingerprint density at radius 3 is 2.55 bits per heavy atom. The van der Waals surface area contributed by atoms with Crippen molar-refractivity contribution in [3.63, 3.8) is 0 Å². The number of aliphatic hydroxyl groups excluding tert-OH is 1. The summed E-state index contributed by atoms with van der Waals surface area (Å²) in [6.07, 6.45) is 3.28. The number of aromatic nitrogens is 2. The summed E-state index contributed by atoms with van der Waals surface area (Å²) in [4.78, 5) is 1.65. The number of likely N-dealkylation sites (tertiary alicyclic amines) is 1. The summed E-state index contributed by atoms with van der Waals surface area (Å²) in [5.74, 6) is 1.95. The van der Waals surface area contributed by atoms with Crippen LogP contribution in [-0.4, -0.2) is 49.1 Å². The monoisotopic (exact) mass is 426 g/mol. The minimum absolute atomic E-state index is 0.157. The second-order valence-electron chi connectivity index (χ2n) is 8.29. The van der Waals surface area contributed by atoms with Gasteiger partial charge in [0.2, 0.25) is 0 Å². The predicted octanol–water partition coefficient (Wildman–Crippen LogP) is 1.03. The largest absolute Gasteiger partial charge is 0.493 e. The fraction of sp³-hybridized carbons (Fsp3) is 0.458. The molecule has 0 aliphatic carbocycles. The highest BCUT2D eigenvalue weighted by Crippen LogP contribution is 2.25. The molecule has 0 saturated carbocycles. The quantitative estimate of drug-likeness (QED) is 0.447. The molecule has 1 fully saturated rings. The number of nitrogens with two attached hydrogens (primary N) is 1. The number of para-hydroxylation sites is 4. The number of rotatable bonds is 9. The van der Waals surface area contributed by atoms with Crippen molar-refractivity contribution in [2.45, 2.75) is 38.5 Å². The summed E-state index contributed by atoms with van der Waals surface area (Å²) in [5.41, 5.74) is 8.72. The molecule has 0 amide bonds. The molecule has 4 N–H and O–H groups in total. The van der Waals surface area contributed by atoms with Gasteiger partial charge in [0, 0.05) is 0 Å². The molecule has 166 valence electrons. The SMILES string of the molecule is COc1ccccc1OC[C@H](O)C[n+]1c(N)n(CC[NH+]2CCCCC2)c2ccccc21. The summed E-state index contributed by atoms with van der Waals surface area (Å²) >= 11 is 0. The van der Waals surface area contributed by atoms with E-state index in [1.807, 2.05) is 41.0 Å². The van der Waals surface area contributed by atoms with Gasteiger partial charge in [-0.2, -0.15) is 0 Å². The van der Waals surface area contributed by atoms with Gasteiger partial charge in [0.05, 0.1) is 20.2 Å². The molecule has 7 nitrogen and oxygen atoms in total. The summed E-state index contributed by atoms with van der Waals surface area (Å²) in [6.45, 7) is 4.97. The lowest BCUT2D eigenvalue weighted by molar-refractivity contribution is -0.905. The molecule has 1 atom stereocenters. The number of imidazole rings is 1. The number of benzene rings is 2. The first-order chi connectivity index (χ1) is 15.2. The van der Waals surface area contributed by atoms with E-state index in [1.54, 1.807) is 12.0 Å². The van der Waals surface area contributed by atoms with Gasteiger partial charge in [-0.05, 0) is 43.5 Å². The van der Waals surface area contributed by atoms with Gasteiger partial charge >= 0.3 is 5.95 Å². The molecule has 3 aromatic rings. The fourth-order valence-electron chi connectivity index (χ4n) is 4.50. The second kappa shape index (κ2) is 10.0. The molecule has 2 heterocycles. The van der Waals surface area contributed by atoms with Crippen molar-refractivity contribution >= 4 is 17.0 Å². The summed E-state index contributed by atoms with van der Waals surface area (Å²) in [7, 11) is 1.61. The van der Waals surface area contributed by atoms with E-state index in [-0.39, 0.29) is 6.61 Å². The molecule has 31 heavy (non-hydrogen) atoms. The van der Waals surface area contributed by atoms with E-state index >= 15 is 0 Å². The minimum atomic E-state index is -0.704. The number of quaternary nitrogens is 1. The highest BCUT2D eigenvalue weighted by molar-refractivity contribution is 5.73. The summed E-state index contributed by atoms with van der Waals surface area (Å²) in [5, 5.41) is 10.7. The number of hydrogen-bond donors (Lipinski definition) is 3. The van der Waals surface area contributed by atoms with Crippen molar-refractivity contribution in [1.29, 1.82) is 0 Å². The number of anilines is 1. The third-order valence-corrected chi connectivity index (χ3v) is 6.16. The van der Waals surface area contributed by atoms with Gasteiger partial charge in [-0.1, -0.05) is 24.3 Å². The Labute approximate surface area is 183 Å². The fourth-order valence-corrected chi connectivity index (χ4v) is 4.50. The zero-order chi connectivity index (χ0) is 21.6. The van der Waals surface area contributed by atoms with Crippen LogP contribution >= 0.6 is 0 Å². The summed E-state index contributed by atoms with van der Waals surface area (Å²) < 4.78 is 15.3. The average Bonchev–Trinajstić information content (AvgIpc) is 3.08. The molecule has 1 aromatic heterocycles. The van der Waals surface area contributed by atoms with E-state index in [1.165, 1.54) is 32.4 Å². The van der Waals surface area contributed by atoms with Gasteiger partial charge in [-0.25, -0.2) is 9.13 Å². The Balaban J connectivity index is 1.47. The highest BCUT2D eigenvalue weighted by atomic mass is 16.5. The molecule has 4 rings (SSSR count). The van der Waals surface area contributed by atoms with Gasteiger partial charge < -0.3 is 19.5 Å². The van der Waals surface area contributed by atoms with Crippen LogP contribution in [0.2, 0.25) is 0 Å². The van der Waals surface area contributed by atoms with E-state index in [2.05, 4.69) is 16.7 Å². The first-order valence-electron chi connectivity index (χ1n) is 11.2. The molecule has 1 saturated heterocycles. The number of nitrogens with one attached hydrogen (secondary N) is 1. The number of nitrogen functional groups attached to an aromatic ring is 1. The van der Waals surface area contributed by atoms with E-state index < -0.39 is 6.10 Å². The number of nitrogens with zero attached hydrogens (tertiary/aromatic N) is 2. The van der Waals surface area contributed by atoms with Crippen molar-refractivity contribution in [1.82, 2.24) is 4.57 Å². The molecule has 0 radical (unpaired) electrons. The van der Waals surface area contributed by atoms with Gasteiger partial charge in [-0.3, -0.25) is 5.73 Å². The Morgan fingerprint density at radius 2 is 1.77 bits per heavy atom. The topological polar surface area (TPSA) is 78.0 Å². The van der Waals surface area contributed by atoms with Crippen LogP contribution in [0.25, 0.3) is 11.0 Å². The second-order valence-corrected chi connectivity index (χ2v) is 8.29. The molecule has 0 unspecified atom stereocenters. The van der Waals surface area contributed by atoms with Gasteiger partial charge in [-0.15, -0.1) is 0 Å². The number of piperidine rings is 1. The normalized spacial score (nSPS) is 15.8. The first-order valence-corrected chi connectivity index (χ1v) is 11.2. The lowest BCUT2D eigenvalue weighted by atomic mass is 10.1. The van der Waals surface area contributed by atoms with Crippen LogP contribution in [0.3, 0.4) is 0 Å². The lowest BCUT2D eigenvalue weighted by Gasteiger charge is -2.22. The van der Waals surface area contributed by atoms with Crippen molar-refractivity contribution in [2.24, 2.45) is 0 Å². The van der Waals surface area contributed by atoms with Crippen molar-refractivity contribution in [2.75, 3.05) is 39.1 Å². The van der Waals surface area contributed by atoms with Gasteiger partial charge in [0.1, 0.15) is 43.4 Å². The predicted molar refractivity (Wildman–Crippen MR) is 120 cm³/mol. The molecule has 7 heteroatoms. The first kappa shape index (κ1) is 21.5. The smallest absolute Gasteiger partial charge is 0.356 e. The van der Waals surface area contributed by atoms with Gasteiger partial charge in [0.25, 0.3) is 0 Å². The molecule has 0 bridgehead atoms. The molecule has 1 aliphatic rings. The molecule has 0 spiro atoms. The Morgan fingerprint density at radius 1 is 1.06 bits per heavy atom. The standard InChI is InChI=1S/C24H32N4O3/c1-30-22-11-5-6-12-23(22)31-18-19(29)17-28-21-10-4-3-9-20(21)27(24(28)25)16-15-26-13-7-2-8-14-26/h3-6,9-12,19,25,29H,2,7-8,13-18H2,1H3/p+2/t19-/m1/s1. The van der Waals surface area contributed by atoms with Crippen LogP contribution in [0.15, 0.2) is 48.5 Å². The van der Waals surface area contributed by atoms with Crippen LogP contribution in [0.5, 0.6) is 11.5 Å². The van der Waals surface area contributed by atoms with E-state index in [4.69, 9.17) is 15.2 Å². The van der Waals surface area contributed by atoms with Crippen LogP contribution in [0, 0.1) is 0 Å². The van der Waals surface area contributed by atoms with Crippen LogP contribution in [0.4, 0.5) is 5.95 Å². The van der Waals surface area contributed by atoms with Crippen molar-refractivity contribution < 1.29 is 24.0 Å². The zero-order valence-electron chi connectivity index (χ0n) is 18.3. The molecule has 2 aromatic carbocycles. The number of hydrogen-bond acceptors (Lipinski definition) is 4. The zero-order valence-corrected chi connectivity index (χ0v) is 18.3. The summed E-state index contributed by atoms with van der Waals surface area (Å²) in [6, 6.07) is 15.7. The maximum Gasteiger partial charge on any atom is 0.356 e. The number of methoxy groups -OCH3 is 1. The van der Waals surface area contributed by atoms with E-state index in [0.717, 1.165) is 24.1 Å². The molecular weight excluding hydrogens is 392 g/mol. The van der Waals surface area contributed by atoms with Crippen LogP contribution in [0.1, 0.15) is 19.3 Å². The minimum Gasteiger partial charge on any atom is -0.493 e. The maximum absolute atomic E-state index is 10.7. The number of ether oxygens (including phenoxy) is 2. The van der Waals surface area contributed by atoms with Gasteiger partial charge in [0.15, 0.2) is 11.5 Å². The van der Waals surface area contributed by atoms with E-state index in [9.17, 15) is 5.11 Å². The van der Waals surface area contributed by atoms with Crippen molar-refractivity contribution in [3.8, 4) is 11.5 Å². The number of aliphatic hydroxyl groups is 1. The number of fused-ring (bicyclic) bond motifs is 1. The van der Waals surface area contributed by atoms with Crippen LogP contribution in [-0.2, 0) is 13.1 Å². The van der Waals surface area contributed by atoms with Crippen LogP contribution < -0.4 is 24.7 Å². The van der Waals surface area contributed by atoms with E-state index in [0.29, 0.717) is 24.0 Å². The Bertz CT molecular complexity index is 998. The lowest BCUT2D eigenvalue weighted by Crippen LogP contribution is -3.13.